The number of benzene rings is 2. The van der Waals surface area contributed by atoms with Gasteiger partial charge >= 0.3 is 0 Å². The molecule has 0 saturated carbocycles. The first-order valence-electron chi connectivity index (χ1n) is 10.9. The molecule has 2 aromatic carbocycles. The summed E-state index contributed by atoms with van der Waals surface area (Å²) in [4.78, 5) is 2.28. The van der Waals surface area contributed by atoms with Crippen molar-refractivity contribution >= 4 is 0 Å². The van der Waals surface area contributed by atoms with Crippen LogP contribution in [-0.4, -0.2) is 46.1 Å². The van der Waals surface area contributed by atoms with Gasteiger partial charge in [0.2, 0.25) is 5.88 Å². The lowest BCUT2D eigenvalue weighted by molar-refractivity contribution is 0.105. The number of nitrogens with zero attached hydrogens (tertiary/aromatic N) is 3. The van der Waals surface area contributed by atoms with Crippen LogP contribution < -0.4 is 9.47 Å². The molecule has 1 N–H and O–H groups in total. The quantitative estimate of drug-likeness (QED) is 0.477. The maximum atomic E-state index is 10.3. The number of aliphatic hydroxyl groups is 1. The van der Waals surface area contributed by atoms with Gasteiger partial charge in [0.15, 0.2) is 0 Å². The molecule has 1 aromatic heterocycles. The summed E-state index contributed by atoms with van der Waals surface area (Å²) in [5, 5.41) is 15.1. The molecule has 6 nitrogen and oxygen atoms in total. The highest BCUT2D eigenvalue weighted by atomic mass is 16.5. The molecule has 166 valence electrons. The Hall–Kier alpha value is -2.83. The Morgan fingerprint density at radius 1 is 1.03 bits per heavy atom. The molecule has 3 aromatic rings. The second kappa shape index (κ2) is 11.0. The molecule has 0 fully saturated rings. The smallest absolute Gasteiger partial charge is 0.222 e. The van der Waals surface area contributed by atoms with Crippen LogP contribution in [0.3, 0.4) is 0 Å². The van der Waals surface area contributed by atoms with E-state index in [4.69, 9.17) is 14.6 Å². The summed E-state index contributed by atoms with van der Waals surface area (Å²) in [6.07, 6.45) is 1.38. The average molecular weight is 424 g/mol. The fourth-order valence-corrected chi connectivity index (χ4v) is 3.61. The van der Waals surface area contributed by atoms with E-state index in [1.54, 1.807) is 11.8 Å². The van der Waals surface area contributed by atoms with Gasteiger partial charge in [0.25, 0.3) is 0 Å². The monoisotopic (exact) mass is 423 g/mol. The molecule has 1 unspecified atom stereocenters. The first kappa shape index (κ1) is 22.8. The van der Waals surface area contributed by atoms with Crippen LogP contribution in [-0.2, 0) is 13.6 Å². The summed E-state index contributed by atoms with van der Waals surface area (Å²) >= 11 is 0. The minimum absolute atomic E-state index is 0.352. The van der Waals surface area contributed by atoms with Crippen molar-refractivity contribution < 1.29 is 14.6 Å². The zero-order valence-electron chi connectivity index (χ0n) is 18.9. The predicted octanol–water partition coefficient (Wildman–Crippen LogP) is 4.87. The molecule has 0 radical (unpaired) electrons. The maximum Gasteiger partial charge on any atom is 0.222 e. The molecule has 1 heterocycles. The van der Waals surface area contributed by atoms with Gasteiger partial charge in [-0.3, -0.25) is 4.90 Å². The normalized spacial score (nSPS) is 12.2. The van der Waals surface area contributed by atoms with Crippen LogP contribution in [0.1, 0.15) is 32.3 Å². The van der Waals surface area contributed by atoms with Gasteiger partial charge in [0, 0.05) is 25.7 Å². The minimum atomic E-state index is -0.352. The van der Waals surface area contributed by atoms with E-state index >= 15 is 0 Å². The van der Waals surface area contributed by atoms with Crippen LogP contribution in [0.5, 0.6) is 17.4 Å². The van der Waals surface area contributed by atoms with Gasteiger partial charge in [-0.15, -0.1) is 0 Å². The molecule has 0 aliphatic rings. The van der Waals surface area contributed by atoms with Crippen molar-refractivity contribution in [2.45, 2.75) is 39.3 Å². The van der Waals surface area contributed by atoms with Crippen LogP contribution in [0.15, 0.2) is 54.6 Å². The molecule has 3 rings (SSSR count). The first-order chi connectivity index (χ1) is 15.0. The van der Waals surface area contributed by atoms with Crippen LogP contribution in [0.2, 0.25) is 0 Å². The van der Waals surface area contributed by atoms with Crippen LogP contribution in [0, 0.1) is 0 Å². The molecular weight excluding hydrogens is 390 g/mol. The van der Waals surface area contributed by atoms with Crippen LogP contribution in [0.25, 0.3) is 11.3 Å². The largest absolute Gasteiger partial charge is 0.497 e. The molecule has 0 aliphatic heterocycles. The zero-order valence-corrected chi connectivity index (χ0v) is 18.9. The fraction of sp³-hybridized carbons (Fsp3) is 0.400. The Morgan fingerprint density at radius 2 is 1.71 bits per heavy atom. The van der Waals surface area contributed by atoms with Crippen molar-refractivity contribution in [3.63, 3.8) is 0 Å². The van der Waals surface area contributed by atoms with Gasteiger partial charge in [-0.2, -0.15) is 5.10 Å². The number of rotatable bonds is 11. The summed E-state index contributed by atoms with van der Waals surface area (Å²) in [6.45, 7) is 6.32. The van der Waals surface area contributed by atoms with Crippen molar-refractivity contribution in [2.75, 3.05) is 20.2 Å². The lowest BCUT2D eigenvalue weighted by Gasteiger charge is -2.24. The van der Waals surface area contributed by atoms with Gasteiger partial charge in [0.05, 0.1) is 18.8 Å². The number of hydrogen-bond acceptors (Lipinski definition) is 5. The van der Waals surface area contributed by atoms with Crippen molar-refractivity contribution in [1.29, 1.82) is 0 Å². The van der Waals surface area contributed by atoms with E-state index in [1.807, 2.05) is 56.4 Å². The van der Waals surface area contributed by atoms with Crippen LogP contribution >= 0.6 is 0 Å². The van der Waals surface area contributed by atoms with Crippen molar-refractivity contribution in [1.82, 2.24) is 14.7 Å². The summed E-state index contributed by atoms with van der Waals surface area (Å²) in [7, 11) is 3.55. The predicted molar refractivity (Wildman–Crippen MR) is 124 cm³/mol. The Bertz CT molecular complexity index is 939. The van der Waals surface area contributed by atoms with E-state index in [0.717, 1.165) is 47.7 Å². The summed E-state index contributed by atoms with van der Waals surface area (Å²) in [6, 6.07) is 17.7. The van der Waals surface area contributed by atoms with E-state index in [9.17, 15) is 5.11 Å². The van der Waals surface area contributed by atoms with Crippen molar-refractivity contribution in [3.05, 3.63) is 60.2 Å². The summed E-state index contributed by atoms with van der Waals surface area (Å²) in [5.41, 5.74) is 2.96. The first-order valence-corrected chi connectivity index (χ1v) is 10.9. The van der Waals surface area contributed by atoms with Crippen molar-refractivity contribution in [2.24, 2.45) is 7.05 Å². The van der Waals surface area contributed by atoms with Gasteiger partial charge in [-0.1, -0.05) is 44.2 Å². The van der Waals surface area contributed by atoms with E-state index in [-0.39, 0.29) is 6.10 Å². The van der Waals surface area contributed by atoms with E-state index in [1.165, 1.54) is 0 Å². The van der Waals surface area contributed by atoms with E-state index in [2.05, 4.69) is 24.0 Å². The molecule has 31 heavy (non-hydrogen) atoms. The average Bonchev–Trinajstić information content (AvgIpc) is 3.10. The van der Waals surface area contributed by atoms with E-state index in [0.29, 0.717) is 19.0 Å². The summed E-state index contributed by atoms with van der Waals surface area (Å²) < 4.78 is 13.4. The molecule has 6 heteroatoms. The maximum absolute atomic E-state index is 10.3. The third-order valence-corrected chi connectivity index (χ3v) is 5.27. The lowest BCUT2D eigenvalue weighted by atomic mass is 10.1. The second-order valence-corrected chi connectivity index (χ2v) is 7.70. The molecule has 0 bridgehead atoms. The Labute approximate surface area is 185 Å². The highest BCUT2D eigenvalue weighted by molar-refractivity contribution is 5.65. The summed E-state index contributed by atoms with van der Waals surface area (Å²) in [5.74, 6) is 2.21. The van der Waals surface area contributed by atoms with E-state index < -0.39 is 0 Å². The molecular formula is C25H33N3O3. The van der Waals surface area contributed by atoms with Gasteiger partial charge in [0.1, 0.15) is 17.2 Å². The lowest BCUT2D eigenvalue weighted by Crippen LogP contribution is -2.32. The van der Waals surface area contributed by atoms with Gasteiger partial charge in [-0.25, -0.2) is 4.68 Å². The van der Waals surface area contributed by atoms with Crippen molar-refractivity contribution in [3.8, 4) is 28.6 Å². The van der Waals surface area contributed by atoms with Gasteiger partial charge in [-0.05, 0) is 43.7 Å². The third kappa shape index (κ3) is 5.87. The number of hydrogen-bond donors (Lipinski definition) is 1. The minimum Gasteiger partial charge on any atom is -0.497 e. The van der Waals surface area contributed by atoms with Gasteiger partial charge < -0.3 is 14.6 Å². The number of ether oxygens (including phenoxy) is 2. The number of aryl methyl sites for hydroxylation is 1. The topological polar surface area (TPSA) is 59.8 Å². The second-order valence-electron chi connectivity index (χ2n) is 7.70. The Balaban J connectivity index is 1.99. The molecule has 0 spiro atoms. The highest BCUT2D eigenvalue weighted by Crippen LogP contribution is 2.34. The molecule has 0 aliphatic carbocycles. The SMILES string of the molecule is CCCN(Cc1c(-c2ccccc2)nn(C)c1Oc1ccc(OC)cc1)CC(O)CC. The standard InChI is InChI=1S/C25H33N3O3/c1-5-16-28(17-20(29)6-2)18-23-24(19-10-8-7-9-11-19)26-27(3)25(23)31-22-14-12-21(30-4)13-15-22/h7-15,20,29H,5-6,16-18H2,1-4H3. The Morgan fingerprint density at radius 3 is 2.32 bits per heavy atom. The Kier molecular flexibility index (Phi) is 8.09. The third-order valence-electron chi connectivity index (χ3n) is 5.27. The molecule has 0 saturated heterocycles. The number of aromatic nitrogens is 2. The number of methoxy groups -OCH3 is 1. The fourth-order valence-electron chi connectivity index (χ4n) is 3.61. The highest BCUT2D eigenvalue weighted by Gasteiger charge is 2.23. The molecule has 1 atom stereocenters. The molecule has 0 amide bonds. The van der Waals surface area contributed by atoms with Crippen LogP contribution in [0.4, 0.5) is 0 Å². The zero-order chi connectivity index (χ0) is 22.2. The number of aliphatic hydroxyl groups excluding tert-OH is 1.